The van der Waals surface area contributed by atoms with Crippen molar-refractivity contribution in [3.05, 3.63) is 80.8 Å². The fourth-order valence-electron chi connectivity index (χ4n) is 3.41. The highest BCUT2D eigenvalue weighted by Gasteiger charge is 2.16. The summed E-state index contributed by atoms with van der Waals surface area (Å²) in [6.07, 6.45) is 1.37. The molecular formula is C23H23N7O3. The molecular weight excluding hydrogens is 422 g/mol. The van der Waals surface area contributed by atoms with E-state index in [9.17, 15) is 14.4 Å². The zero-order chi connectivity index (χ0) is 23.7. The van der Waals surface area contributed by atoms with Crippen molar-refractivity contribution in [3.8, 4) is 0 Å². The Kier molecular flexibility index (Phi) is 5.74. The Morgan fingerprint density at radius 3 is 2.39 bits per heavy atom. The third-order valence-corrected chi connectivity index (χ3v) is 5.27. The van der Waals surface area contributed by atoms with E-state index >= 15 is 0 Å². The summed E-state index contributed by atoms with van der Waals surface area (Å²) in [5.74, 6) is -0.374. The van der Waals surface area contributed by atoms with Gasteiger partial charge in [0.05, 0.1) is 17.7 Å². The van der Waals surface area contributed by atoms with Gasteiger partial charge in [-0.05, 0) is 43.7 Å². The highest BCUT2D eigenvalue weighted by atomic mass is 16.2. The van der Waals surface area contributed by atoms with E-state index in [2.05, 4.69) is 20.5 Å². The lowest BCUT2D eigenvalue weighted by atomic mass is 10.2. The summed E-state index contributed by atoms with van der Waals surface area (Å²) >= 11 is 0. The van der Waals surface area contributed by atoms with Gasteiger partial charge in [0.2, 0.25) is 5.91 Å². The van der Waals surface area contributed by atoms with E-state index < -0.39 is 11.2 Å². The fourth-order valence-corrected chi connectivity index (χ4v) is 3.41. The van der Waals surface area contributed by atoms with Crippen LogP contribution < -0.4 is 16.6 Å². The summed E-state index contributed by atoms with van der Waals surface area (Å²) in [7, 11) is 2.91. The predicted octanol–water partition coefficient (Wildman–Crippen LogP) is 3.10. The van der Waals surface area contributed by atoms with Gasteiger partial charge in [0.25, 0.3) is 5.56 Å². The van der Waals surface area contributed by atoms with Crippen molar-refractivity contribution >= 4 is 34.1 Å². The van der Waals surface area contributed by atoms with Crippen LogP contribution in [-0.2, 0) is 25.4 Å². The number of hydrogen-bond donors (Lipinski definition) is 1. The highest BCUT2D eigenvalue weighted by molar-refractivity contribution is 5.94. The van der Waals surface area contributed by atoms with Gasteiger partial charge in [-0.2, -0.15) is 5.11 Å². The molecule has 0 radical (unpaired) electrons. The van der Waals surface area contributed by atoms with Crippen LogP contribution in [-0.4, -0.2) is 24.6 Å². The molecule has 2 heterocycles. The SMILES string of the molecule is Cc1ccc(N=Nc2cc(C)ccc2NC(=O)Cn2cnc3c2c(=O)n(C)c(=O)n3C)cc1. The van der Waals surface area contributed by atoms with Crippen LogP contribution in [0.4, 0.5) is 17.1 Å². The maximum Gasteiger partial charge on any atom is 0.332 e. The number of benzene rings is 2. The first kappa shape index (κ1) is 21.9. The van der Waals surface area contributed by atoms with Crippen LogP contribution in [0.2, 0.25) is 0 Å². The summed E-state index contributed by atoms with van der Waals surface area (Å²) in [6.45, 7) is 3.76. The largest absolute Gasteiger partial charge is 0.332 e. The standard InChI is InChI=1S/C23H23N7O3/c1-14-5-8-16(9-6-14)26-27-18-11-15(2)7-10-17(18)25-19(31)12-30-13-24-21-20(30)22(32)29(4)23(33)28(21)3/h5-11,13H,12H2,1-4H3,(H,25,31). The average molecular weight is 445 g/mol. The summed E-state index contributed by atoms with van der Waals surface area (Å²) in [4.78, 5) is 41.6. The van der Waals surface area contributed by atoms with Gasteiger partial charge in [-0.1, -0.05) is 23.8 Å². The van der Waals surface area contributed by atoms with Crippen molar-refractivity contribution < 1.29 is 4.79 Å². The number of amides is 1. The molecule has 1 N–H and O–H groups in total. The number of anilines is 1. The maximum absolute atomic E-state index is 12.8. The zero-order valence-corrected chi connectivity index (χ0v) is 18.7. The molecule has 0 spiro atoms. The lowest BCUT2D eigenvalue weighted by Crippen LogP contribution is -2.37. The second-order valence-corrected chi connectivity index (χ2v) is 7.85. The maximum atomic E-state index is 12.8. The van der Waals surface area contributed by atoms with Gasteiger partial charge in [-0.15, -0.1) is 5.11 Å². The van der Waals surface area contributed by atoms with Crippen LogP contribution in [0.1, 0.15) is 11.1 Å². The summed E-state index contributed by atoms with van der Waals surface area (Å²) < 4.78 is 3.69. The summed E-state index contributed by atoms with van der Waals surface area (Å²) in [6, 6.07) is 13.1. The lowest BCUT2D eigenvalue weighted by Gasteiger charge is -2.10. The molecule has 2 aromatic carbocycles. The predicted molar refractivity (Wildman–Crippen MR) is 125 cm³/mol. The Labute approximate surface area is 188 Å². The van der Waals surface area contributed by atoms with Crippen LogP contribution in [0.5, 0.6) is 0 Å². The number of carbonyl (C=O) groups is 1. The molecule has 0 unspecified atom stereocenters. The molecule has 0 saturated carbocycles. The molecule has 0 aliphatic carbocycles. The average Bonchev–Trinajstić information content (AvgIpc) is 3.21. The van der Waals surface area contributed by atoms with Gasteiger partial charge < -0.3 is 9.88 Å². The van der Waals surface area contributed by atoms with Gasteiger partial charge in [0.1, 0.15) is 12.2 Å². The number of imidazole rings is 1. The number of aromatic nitrogens is 4. The number of azo groups is 1. The number of hydrogen-bond acceptors (Lipinski definition) is 6. The van der Waals surface area contributed by atoms with Gasteiger partial charge in [-0.3, -0.25) is 18.7 Å². The minimum absolute atomic E-state index is 0.160. The third kappa shape index (κ3) is 4.36. The second kappa shape index (κ2) is 8.65. The molecule has 0 aliphatic heterocycles. The van der Waals surface area contributed by atoms with Crippen LogP contribution in [0.3, 0.4) is 0 Å². The van der Waals surface area contributed by atoms with E-state index in [1.165, 1.54) is 29.6 Å². The summed E-state index contributed by atoms with van der Waals surface area (Å²) in [5, 5.41) is 11.4. The normalized spacial score (nSPS) is 11.4. The first-order chi connectivity index (χ1) is 15.7. The first-order valence-corrected chi connectivity index (χ1v) is 10.2. The molecule has 168 valence electrons. The summed E-state index contributed by atoms with van der Waals surface area (Å²) in [5.41, 5.74) is 3.20. The molecule has 4 rings (SSSR count). The minimum Gasteiger partial charge on any atom is -0.323 e. The number of aryl methyl sites for hydroxylation is 3. The third-order valence-electron chi connectivity index (χ3n) is 5.27. The monoisotopic (exact) mass is 445 g/mol. The minimum atomic E-state index is -0.513. The Balaban J connectivity index is 1.60. The van der Waals surface area contributed by atoms with Crippen molar-refractivity contribution in [2.24, 2.45) is 24.3 Å². The smallest absolute Gasteiger partial charge is 0.323 e. The van der Waals surface area contributed by atoms with E-state index in [-0.39, 0.29) is 23.6 Å². The van der Waals surface area contributed by atoms with Gasteiger partial charge in [0, 0.05) is 14.1 Å². The van der Waals surface area contributed by atoms with E-state index in [1.54, 1.807) is 6.07 Å². The molecule has 10 nitrogen and oxygen atoms in total. The van der Waals surface area contributed by atoms with Crippen LogP contribution in [0, 0.1) is 13.8 Å². The van der Waals surface area contributed by atoms with Crippen molar-refractivity contribution in [1.29, 1.82) is 0 Å². The Hall–Kier alpha value is -4.34. The van der Waals surface area contributed by atoms with Crippen LogP contribution in [0.15, 0.2) is 68.6 Å². The van der Waals surface area contributed by atoms with Gasteiger partial charge in [-0.25, -0.2) is 9.78 Å². The van der Waals surface area contributed by atoms with Crippen LogP contribution >= 0.6 is 0 Å². The quantitative estimate of drug-likeness (QED) is 0.475. The second-order valence-electron chi connectivity index (χ2n) is 7.85. The number of nitrogens with one attached hydrogen (secondary N) is 1. The molecule has 4 aromatic rings. The number of nitrogens with zero attached hydrogens (tertiary/aromatic N) is 6. The van der Waals surface area contributed by atoms with E-state index in [4.69, 9.17) is 0 Å². The molecule has 10 heteroatoms. The van der Waals surface area contributed by atoms with Crippen LogP contribution in [0.25, 0.3) is 11.2 Å². The molecule has 0 bridgehead atoms. The lowest BCUT2D eigenvalue weighted by molar-refractivity contribution is -0.116. The van der Waals surface area contributed by atoms with Crippen molar-refractivity contribution in [3.63, 3.8) is 0 Å². The van der Waals surface area contributed by atoms with E-state index in [0.29, 0.717) is 17.1 Å². The zero-order valence-electron chi connectivity index (χ0n) is 18.7. The number of rotatable bonds is 5. The van der Waals surface area contributed by atoms with E-state index in [1.807, 2.05) is 50.2 Å². The Morgan fingerprint density at radius 1 is 0.970 bits per heavy atom. The highest BCUT2D eigenvalue weighted by Crippen LogP contribution is 2.28. The number of carbonyl (C=O) groups excluding carboxylic acids is 1. The Morgan fingerprint density at radius 2 is 1.67 bits per heavy atom. The molecule has 33 heavy (non-hydrogen) atoms. The molecule has 0 saturated heterocycles. The molecule has 2 aromatic heterocycles. The van der Waals surface area contributed by atoms with Gasteiger partial charge >= 0.3 is 5.69 Å². The molecule has 0 aliphatic rings. The Bertz CT molecular complexity index is 1510. The molecule has 0 fully saturated rings. The van der Waals surface area contributed by atoms with Crippen molar-refractivity contribution in [1.82, 2.24) is 18.7 Å². The van der Waals surface area contributed by atoms with Crippen molar-refractivity contribution in [2.75, 3.05) is 5.32 Å². The number of fused-ring (bicyclic) bond motifs is 1. The van der Waals surface area contributed by atoms with Gasteiger partial charge in [0.15, 0.2) is 11.2 Å². The first-order valence-electron chi connectivity index (χ1n) is 10.2. The topological polar surface area (TPSA) is 116 Å². The van der Waals surface area contributed by atoms with E-state index in [0.717, 1.165) is 15.7 Å². The fraction of sp³-hybridized carbons (Fsp3) is 0.217. The molecule has 1 amide bonds. The molecule has 0 atom stereocenters. The van der Waals surface area contributed by atoms with Crippen molar-refractivity contribution in [2.45, 2.75) is 20.4 Å².